The van der Waals surface area contributed by atoms with Crippen LogP contribution < -0.4 is 0 Å². The number of rotatable bonds is 7. The minimum absolute atomic E-state index is 0.0249. The SMILES string of the molecule is CCN(CC)CC(C)OC(=O)C1(c2ccccc2)CCCCC1. The predicted octanol–water partition coefficient (Wildman–Crippen LogP) is 4.16. The zero-order chi connectivity index (χ0) is 16.7. The molecular weight excluding hydrogens is 286 g/mol. The van der Waals surface area contributed by atoms with E-state index in [0.29, 0.717) is 0 Å². The lowest BCUT2D eigenvalue weighted by Gasteiger charge is -2.36. The molecule has 1 saturated carbocycles. The average Bonchev–Trinajstić information content (AvgIpc) is 2.61. The number of carbonyl (C=O) groups is 1. The molecule has 0 aromatic heterocycles. The van der Waals surface area contributed by atoms with Gasteiger partial charge in [-0.2, -0.15) is 0 Å². The smallest absolute Gasteiger partial charge is 0.316 e. The molecule has 0 bridgehead atoms. The van der Waals surface area contributed by atoms with Gasteiger partial charge in [0.25, 0.3) is 0 Å². The van der Waals surface area contributed by atoms with Crippen molar-refractivity contribution < 1.29 is 9.53 Å². The molecule has 0 aliphatic heterocycles. The second-order valence-electron chi connectivity index (χ2n) is 6.71. The molecule has 1 atom stereocenters. The summed E-state index contributed by atoms with van der Waals surface area (Å²) in [6.45, 7) is 9.08. The number of esters is 1. The first kappa shape index (κ1) is 18.0. The van der Waals surface area contributed by atoms with Crippen molar-refractivity contribution in [2.75, 3.05) is 19.6 Å². The summed E-state index contributed by atoms with van der Waals surface area (Å²) in [5.41, 5.74) is 0.691. The number of nitrogens with zero attached hydrogens (tertiary/aromatic N) is 1. The Morgan fingerprint density at radius 3 is 2.30 bits per heavy atom. The molecule has 1 aromatic rings. The van der Waals surface area contributed by atoms with Crippen molar-refractivity contribution >= 4 is 5.97 Å². The lowest BCUT2D eigenvalue weighted by atomic mass is 9.69. The normalized spacial score (nSPS) is 18.6. The van der Waals surface area contributed by atoms with Crippen LogP contribution in [-0.4, -0.2) is 36.6 Å². The highest BCUT2D eigenvalue weighted by molar-refractivity contribution is 5.83. The first-order chi connectivity index (χ1) is 11.1. The van der Waals surface area contributed by atoms with Crippen LogP contribution in [-0.2, 0) is 14.9 Å². The minimum atomic E-state index is -0.434. The van der Waals surface area contributed by atoms with Crippen LogP contribution in [0.4, 0.5) is 0 Å². The zero-order valence-electron chi connectivity index (χ0n) is 14.9. The second-order valence-corrected chi connectivity index (χ2v) is 6.71. The zero-order valence-corrected chi connectivity index (χ0v) is 14.9. The summed E-state index contributed by atoms with van der Waals surface area (Å²) in [5, 5.41) is 0. The van der Waals surface area contributed by atoms with Gasteiger partial charge in [0.15, 0.2) is 0 Å². The Balaban J connectivity index is 2.12. The molecule has 0 N–H and O–H groups in total. The third-order valence-electron chi connectivity index (χ3n) is 5.14. The highest BCUT2D eigenvalue weighted by Gasteiger charge is 2.43. The highest BCUT2D eigenvalue weighted by atomic mass is 16.5. The van der Waals surface area contributed by atoms with Crippen LogP contribution in [0.3, 0.4) is 0 Å². The number of likely N-dealkylation sites (N-methyl/N-ethyl adjacent to an activating group) is 1. The summed E-state index contributed by atoms with van der Waals surface area (Å²) >= 11 is 0. The van der Waals surface area contributed by atoms with Crippen LogP contribution in [0.5, 0.6) is 0 Å². The first-order valence-electron chi connectivity index (χ1n) is 9.11. The van der Waals surface area contributed by atoms with E-state index < -0.39 is 5.41 Å². The third-order valence-corrected chi connectivity index (χ3v) is 5.14. The molecule has 0 radical (unpaired) electrons. The van der Waals surface area contributed by atoms with E-state index in [0.717, 1.165) is 50.9 Å². The Morgan fingerprint density at radius 2 is 1.74 bits per heavy atom. The van der Waals surface area contributed by atoms with E-state index >= 15 is 0 Å². The van der Waals surface area contributed by atoms with Crippen molar-refractivity contribution in [3.8, 4) is 0 Å². The number of hydrogen-bond acceptors (Lipinski definition) is 3. The van der Waals surface area contributed by atoms with E-state index in [1.807, 2.05) is 25.1 Å². The van der Waals surface area contributed by atoms with Crippen LogP contribution >= 0.6 is 0 Å². The van der Waals surface area contributed by atoms with Crippen molar-refractivity contribution in [3.63, 3.8) is 0 Å². The summed E-state index contributed by atoms with van der Waals surface area (Å²) < 4.78 is 5.90. The maximum absolute atomic E-state index is 13.0. The van der Waals surface area contributed by atoms with E-state index in [4.69, 9.17) is 4.74 Å². The number of hydrogen-bond donors (Lipinski definition) is 0. The Labute approximate surface area is 141 Å². The van der Waals surface area contributed by atoms with Gasteiger partial charge in [-0.25, -0.2) is 0 Å². The van der Waals surface area contributed by atoms with Crippen LogP contribution in [0.2, 0.25) is 0 Å². The number of carbonyl (C=O) groups excluding carboxylic acids is 1. The molecule has 3 heteroatoms. The van der Waals surface area contributed by atoms with Crippen molar-refractivity contribution in [1.82, 2.24) is 4.90 Å². The van der Waals surface area contributed by atoms with E-state index in [1.165, 1.54) is 6.42 Å². The molecule has 1 aromatic carbocycles. The van der Waals surface area contributed by atoms with Gasteiger partial charge >= 0.3 is 5.97 Å². The van der Waals surface area contributed by atoms with Crippen molar-refractivity contribution in [1.29, 1.82) is 0 Å². The summed E-state index contributed by atoms with van der Waals surface area (Å²) in [4.78, 5) is 15.3. The molecular formula is C20H31NO2. The molecule has 128 valence electrons. The highest BCUT2D eigenvalue weighted by Crippen LogP contribution is 2.40. The minimum Gasteiger partial charge on any atom is -0.461 e. The summed E-state index contributed by atoms with van der Waals surface area (Å²) in [7, 11) is 0. The van der Waals surface area contributed by atoms with Crippen LogP contribution in [0.25, 0.3) is 0 Å². The van der Waals surface area contributed by atoms with Gasteiger partial charge < -0.3 is 9.64 Å². The molecule has 0 saturated heterocycles. The maximum atomic E-state index is 13.0. The van der Waals surface area contributed by atoms with Crippen molar-refractivity contribution in [2.24, 2.45) is 0 Å². The molecule has 1 aliphatic carbocycles. The van der Waals surface area contributed by atoms with Gasteiger partial charge in [-0.3, -0.25) is 4.79 Å². The summed E-state index contributed by atoms with van der Waals surface area (Å²) in [6.07, 6.45) is 5.19. The van der Waals surface area contributed by atoms with E-state index in [-0.39, 0.29) is 12.1 Å². The predicted molar refractivity (Wildman–Crippen MR) is 94.5 cm³/mol. The molecule has 2 rings (SSSR count). The lowest BCUT2D eigenvalue weighted by Crippen LogP contribution is -2.43. The lowest BCUT2D eigenvalue weighted by molar-refractivity contribution is -0.157. The average molecular weight is 317 g/mol. The molecule has 0 spiro atoms. The van der Waals surface area contributed by atoms with Gasteiger partial charge in [-0.1, -0.05) is 63.4 Å². The molecule has 1 unspecified atom stereocenters. The molecule has 0 heterocycles. The Hall–Kier alpha value is -1.35. The van der Waals surface area contributed by atoms with Crippen LogP contribution in [0.15, 0.2) is 30.3 Å². The molecule has 3 nitrogen and oxygen atoms in total. The molecule has 1 aliphatic rings. The van der Waals surface area contributed by atoms with Crippen molar-refractivity contribution in [2.45, 2.75) is 64.4 Å². The summed E-state index contributed by atoms with van der Waals surface area (Å²) in [6, 6.07) is 10.2. The van der Waals surface area contributed by atoms with Gasteiger partial charge in [0.05, 0.1) is 5.41 Å². The quantitative estimate of drug-likeness (QED) is 0.707. The maximum Gasteiger partial charge on any atom is 0.316 e. The monoisotopic (exact) mass is 317 g/mol. The Kier molecular flexibility index (Phi) is 6.64. The fraction of sp³-hybridized carbons (Fsp3) is 0.650. The van der Waals surface area contributed by atoms with Crippen molar-refractivity contribution in [3.05, 3.63) is 35.9 Å². The van der Waals surface area contributed by atoms with E-state index in [9.17, 15) is 4.79 Å². The van der Waals surface area contributed by atoms with Gasteiger partial charge in [0.2, 0.25) is 0 Å². The van der Waals surface area contributed by atoms with E-state index in [1.54, 1.807) is 0 Å². The number of ether oxygens (including phenoxy) is 1. The van der Waals surface area contributed by atoms with Crippen LogP contribution in [0, 0.1) is 0 Å². The molecule has 23 heavy (non-hydrogen) atoms. The second kappa shape index (κ2) is 8.49. The first-order valence-corrected chi connectivity index (χ1v) is 9.11. The Bertz CT molecular complexity index is 476. The molecule has 1 fully saturated rings. The van der Waals surface area contributed by atoms with Gasteiger partial charge in [0.1, 0.15) is 6.10 Å². The van der Waals surface area contributed by atoms with Gasteiger partial charge in [-0.05, 0) is 38.4 Å². The Morgan fingerprint density at radius 1 is 1.13 bits per heavy atom. The third kappa shape index (κ3) is 4.35. The van der Waals surface area contributed by atoms with Gasteiger partial charge in [-0.15, -0.1) is 0 Å². The molecule has 0 amide bonds. The number of benzene rings is 1. The topological polar surface area (TPSA) is 29.5 Å². The fourth-order valence-electron chi connectivity index (χ4n) is 3.70. The summed E-state index contributed by atoms with van der Waals surface area (Å²) in [5.74, 6) is -0.0249. The standard InChI is InChI=1S/C20H31NO2/c1-4-21(5-2)16-17(3)23-19(22)20(14-10-7-11-15-20)18-12-8-6-9-13-18/h6,8-9,12-13,17H,4-5,7,10-11,14-16H2,1-3H3. The van der Waals surface area contributed by atoms with E-state index in [2.05, 4.69) is 30.9 Å². The largest absolute Gasteiger partial charge is 0.461 e. The van der Waals surface area contributed by atoms with Gasteiger partial charge in [0, 0.05) is 6.54 Å². The van der Waals surface area contributed by atoms with Crippen LogP contribution in [0.1, 0.15) is 58.4 Å². The fourth-order valence-corrected chi connectivity index (χ4v) is 3.70.